The van der Waals surface area contributed by atoms with E-state index in [0.717, 1.165) is 54.2 Å². The van der Waals surface area contributed by atoms with Crippen molar-refractivity contribution in [1.82, 2.24) is 4.90 Å². The van der Waals surface area contributed by atoms with Gasteiger partial charge in [-0.15, -0.1) is 0 Å². The first-order valence-electron chi connectivity index (χ1n) is 9.69. The van der Waals surface area contributed by atoms with Gasteiger partial charge in [0.05, 0.1) is 13.2 Å². The summed E-state index contributed by atoms with van der Waals surface area (Å²) in [6, 6.07) is 13.5. The Hall–Kier alpha value is -3.02. The number of hydrogen-bond donors (Lipinski definition) is 1. The predicted molar refractivity (Wildman–Crippen MR) is 109 cm³/mol. The molecule has 3 amide bonds. The third kappa shape index (κ3) is 3.42. The van der Waals surface area contributed by atoms with Gasteiger partial charge in [0.25, 0.3) is 0 Å². The van der Waals surface area contributed by atoms with Crippen LogP contribution in [0.1, 0.15) is 36.4 Å². The number of nitrogens with one attached hydrogen (secondary N) is 1. The number of benzene rings is 2. The highest BCUT2D eigenvalue weighted by Gasteiger charge is 2.33. The molecule has 2 aliphatic heterocycles. The molecule has 0 radical (unpaired) electrons. The summed E-state index contributed by atoms with van der Waals surface area (Å²) in [7, 11) is 1.64. The summed E-state index contributed by atoms with van der Waals surface area (Å²) in [6.45, 7) is 3.47. The highest BCUT2D eigenvalue weighted by molar-refractivity contribution is 5.97. The standard InChI is InChI=1S/C22H25N3O3/c1-15-13-17(8-9-19(15)24-11-4-7-21(24)26)23-22(27)25-12-10-20(25)16-5-3-6-18(14-16)28-2/h3,5-6,8-9,13-14,20H,4,7,10-12H2,1-2H3,(H,23,27)/t20-/m1/s1. The van der Waals surface area contributed by atoms with Crippen LogP contribution in [0.15, 0.2) is 42.5 Å². The number of hydrogen-bond acceptors (Lipinski definition) is 3. The van der Waals surface area contributed by atoms with Gasteiger partial charge in [0, 0.05) is 30.9 Å². The molecule has 0 aromatic heterocycles. The minimum absolute atomic E-state index is 0.0673. The quantitative estimate of drug-likeness (QED) is 0.870. The molecule has 2 fully saturated rings. The molecule has 2 heterocycles. The first-order chi connectivity index (χ1) is 13.6. The highest BCUT2D eigenvalue weighted by Crippen LogP contribution is 2.35. The number of aryl methyl sites for hydroxylation is 1. The Balaban J connectivity index is 1.45. The molecule has 0 unspecified atom stereocenters. The van der Waals surface area contributed by atoms with Gasteiger partial charge >= 0.3 is 6.03 Å². The number of methoxy groups -OCH3 is 1. The summed E-state index contributed by atoms with van der Waals surface area (Å²) in [5, 5.41) is 2.99. The van der Waals surface area contributed by atoms with Crippen molar-refractivity contribution in [1.29, 1.82) is 0 Å². The van der Waals surface area contributed by atoms with Gasteiger partial charge in [-0.25, -0.2) is 4.79 Å². The SMILES string of the molecule is COc1cccc([C@H]2CCN2C(=O)Nc2ccc(N3CCCC3=O)c(C)c2)c1. The van der Waals surface area contributed by atoms with Crippen LogP contribution in [0.3, 0.4) is 0 Å². The number of anilines is 2. The molecule has 28 heavy (non-hydrogen) atoms. The molecule has 1 N–H and O–H groups in total. The smallest absolute Gasteiger partial charge is 0.322 e. The van der Waals surface area contributed by atoms with E-state index < -0.39 is 0 Å². The summed E-state index contributed by atoms with van der Waals surface area (Å²) < 4.78 is 5.29. The molecule has 6 heteroatoms. The summed E-state index contributed by atoms with van der Waals surface area (Å²) in [5.74, 6) is 0.967. The van der Waals surface area contributed by atoms with E-state index in [0.29, 0.717) is 6.42 Å². The number of amides is 3. The lowest BCUT2D eigenvalue weighted by Gasteiger charge is -2.41. The number of urea groups is 1. The number of nitrogens with zero attached hydrogens (tertiary/aromatic N) is 2. The Morgan fingerprint density at radius 3 is 2.68 bits per heavy atom. The number of carbonyl (C=O) groups excluding carboxylic acids is 2. The summed E-state index contributed by atoms with van der Waals surface area (Å²) in [4.78, 5) is 28.4. The average Bonchev–Trinajstić information content (AvgIpc) is 3.07. The van der Waals surface area contributed by atoms with E-state index in [1.54, 1.807) is 7.11 Å². The molecule has 0 spiro atoms. The van der Waals surface area contributed by atoms with Gasteiger partial charge < -0.3 is 19.9 Å². The molecule has 1 atom stereocenters. The molecule has 2 aromatic carbocycles. The Morgan fingerprint density at radius 2 is 2.04 bits per heavy atom. The fourth-order valence-corrected chi connectivity index (χ4v) is 3.96. The van der Waals surface area contributed by atoms with Gasteiger partial charge in [-0.2, -0.15) is 0 Å². The van der Waals surface area contributed by atoms with Crippen LogP contribution >= 0.6 is 0 Å². The zero-order valence-electron chi connectivity index (χ0n) is 16.3. The minimum Gasteiger partial charge on any atom is -0.497 e. The molecule has 4 rings (SSSR count). The monoisotopic (exact) mass is 379 g/mol. The topological polar surface area (TPSA) is 61.9 Å². The second-order valence-electron chi connectivity index (χ2n) is 7.35. The third-order valence-electron chi connectivity index (χ3n) is 5.57. The van der Waals surface area contributed by atoms with Crippen molar-refractivity contribution >= 4 is 23.3 Å². The maximum atomic E-state index is 12.8. The van der Waals surface area contributed by atoms with E-state index >= 15 is 0 Å². The van der Waals surface area contributed by atoms with Crippen molar-refractivity contribution in [3.8, 4) is 5.75 Å². The van der Waals surface area contributed by atoms with Gasteiger partial charge in [0.15, 0.2) is 0 Å². The molecule has 0 bridgehead atoms. The van der Waals surface area contributed by atoms with Gasteiger partial charge in [-0.1, -0.05) is 12.1 Å². The zero-order valence-corrected chi connectivity index (χ0v) is 16.3. The second kappa shape index (κ2) is 7.54. The van der Waals surface area contributed by atoms with Crippen molar-refractivity contribution < 1.29 is 14.3 Å². The first-order valence-corrected chi connectivity index (χ1v) is 9.69. The molecular weight excluding hydrogens is 354 g/mol. The van der Waals surface area contributed by atoms with Crippen molar-refractivity contribution in [2.24, 2.45) is 0 Å². The lowest BCUT2D eigenvalue weighted by atomic mass is 9.95. The van der Waals surface area contributed by atoms with Gasteiger partial charge in [0.1, 0.15) is 5.75 Å². The zero-order chi connectivity index (χ0) is 19.7. The Labute approximate surface area is 165 Å². The third-order valence-corrected chi connectivity index (χ3v) is 5.57. The van der Waals surface area contributed by atoms with Crippen LogP contribution in [-0.4, -0.2) is 37.0 Å². The molecule has 0 aliphatic carbocycles. The Kier molecular flexibility index (Phi) is 4.94. The Morgan fingerprint density at radius 1 is 1.18 bits per heavy atom. The molecule has 2 aromatic rings. The first kappa shape index (κ1) is 18.3. The fraction of sp³-hybridized carbons (Fsp3) is 0.364. The highest BCUT2D eigenvalue weighted by atomic mass is 16.5. The van der Waals surface area contributed by atoms with E-state index in [-0.39, 0.29) is 18.0 Å². The Bertz CT molecular complexity index is 912. The predicted octanol–water partition coefficient (Wildman–Crippen LogP) is 4.11. The number of likely N-dealkylation sites (tertiary alicyclic amines) is 1. The number of rotatable bonds is 4. The largest absolute Gasteiger partial charge is 0.497 e. The normalized spacial score (nSPS) is 18.8. The number of ether oxygens (including phenoxy) is 1. The average molecular weight is 379 g/mol. The van der Waals surface area contributed by atoms with Crippen molar-refractivity contribution in [2.75, 3.05) is 30.4 Å². The van der Waals surface area contributed by atoms with Gasteiger partial charge in [-0.05, 0) is 61.2 Å². The van der Waals surface area contributed by atoms with Crippen LogP contribution in [0.25, 0.3) is 0 Å². The van der Waals surface area contributed by atoms with E-state index in [9.17, 15) is 9.59 Å². The molecule has 6 nitrogen and oxygen atoms in total. The fourth-order valence-electron chi connectivity index (χ4n) is 3.96. The summed E-state index contributed by atoms with van der Waals surface area (Å²) in [6.07, 6.45) is 2.45. The minimum atomic E-state index is -0.108. The van der Waals surface area contributed by atoms with Gasteiger partial charge in [0.2, 0.25) is 5.91 Å². The van der Waals surface area contributed by atoms with Crippen LogP contribution in [-0.2, 0) is 4.79 Å². The van der Waals surface area contributed by atoms with E-state index in [1.165, 1.54) is 0 Å². The van der Waals surface area contributed by atoms with Crippen LogP contribution in [0.4, 0.5) is 16.2 Å². The molecule has 2 aliphatic rings. The molecule has 146 valence electrons. The molecule has 2 saturated heterocycles. The van der Waals surface area contributed by atoms with Crippen LogP contribution in [0.2, 0.25) is 0 Å². The van der Waals surface area contributed by atoms with Crippen LogP contribution < -0.4 is 15.0 Å². The van der Waals surface area contributed by atoms with E-state index in [4.69, 9.17) is 4.74 Å². The lowest BCUT2D eigenvalue weighted by molar-refractivity contribution is -0.117. The van der Waals surface area contributed by atoms with E-state index in [1.807, 2.05) is 59.2 Å². The maximum absolute atomic E-state index is 12.8. The molecular formula is C22H25N3O3. The lowest BCUT2D eigenvalue weighted by Crippen LogP contribution is -2.47. The maximum Gasteiger partial charge on any atom is 0.322 e. The number of carbonyl (C=O) groups is 2. The summed E-state index contributed by atoms with van der Waals surface area (Å²) in [5.41, 5.74) is 3.74. The van der Waals surface area contributed by atoms with Crippen molar-refractivity contribution in [2.45, 2.75) is 32.2 Å². The second-order valence-corrected chi connectivity index (χ2v) is 7.35. The summed E-state index contributed by atoms with van der Waals surface area (Å²) >= 11 is 0. The molecule has 0 saturated carbocycles. The van der Waals surface area contributed by atoms with Crippen molar-refractivity contribution in [3.05, 3.63) is 53.6 Å². The van der Waals surface area contributed by atoms with Crippen molar-refractivity contribution in [3.63, 3.8) is 0 Å². The van der Waals surface area contributed by atoms with Gasteiger partial charge in [-0.3, -0.25) is 4.79 Å². The van der Waals surface area contributed by atoms with E-state index in [2.05, 4.69) is 5.32 Å². The van der Waals surface area contributed by atoms with Crippen LogP contribution in [0, 0.1) is 6.92 Å². The van der Waals surface area contributed by atoms with Crippen LogP contribution in [0.5, 0.6) is 5.75 Å².